The number of piperidine rings is 1. The minimum Gasteiger partial charge on any atom is -0.385 e. The van der Waals surface area contributed by atoms with Crippen molar-refractivity contribution in [2.75, 3.05) is 45.2 Å². The molecule has 0 bridgehead atoms. The summed E-state index contributed by atoms with van der Waals surface area (Å²) in [7, 11) is 1.81. The van der Waals surface area contributed by atoms with E-state index >= 15 is 0 Å². The molecule has 0 spiro atoms. The number of hydrogen-bond acceptors (Lipinski definition) is 5. The van der Waals surface area contributed by atoms with Crippen molar-refractivity contribution < 1.29 is 4.74 Å². The van der Waals surface area contributed by atoms with E-state index in [9.17, 15) is 4.79 Å². The van der Waals surface area contributed by atoms with Crippen LogP contribution in [0.15, 0.2) is 53.3 Å². The van der Waals surface area contributed by atoms with Crippen molar-refractivity contribution in [1.82, 2.24) is 15.1 Å². The zero-order chi connectivity index (χ0) is 22.2. The van der Waals surface area contributed by atoms with Crippen LogP contribution in [0.4, 0.5) is 5.69 Å². The van der Waals surface area contributed by atoms with Crippen molar-refractivity contribution in [2.45, 2.75) is 32.1 Å². The van der Waals surface area contributed by atoms with Crippen LogP contribution in [0.5, 0.6) is 0 Å². The zero-order valence-electron chi connectivity index (χ0n) is 19.0. The van der Waals surface area contributed by atoms with E-state index < -0.39 is 0 Å². The number of aromatic amines is 1. The molecule has 2 heterocycles. The van der Waals surface area contributed by atoms with Crippen LogP contribution in [0.25, 0.3) is 22.0 Å². The van der Waals surface area contributed by atoms with Gasteiger partial charge < -0.3 is 15.0 Å². The Labute approximate surface area is 190 Å². The molecular formula is C26H34N4O2. The van der Waals surface area contributed by atoms with Crippen molar-refractivity contribution in [2.24, 2.45) is 5.92 Å². The topological polar surface area (TPSA) is 70.2 Å². The highest BCUT2D eigenvalue weighted by molar-refractivity contribution is 5.94. The normalized spacial score (nSPS) is 17.0. The van der Waals surface area contributed by atoms with Gasteiger partial charge in [0.25, 0.3) is 5.56 Å². The summed E-state index contributed by atoms with van der Waals surface area (Å²) in [5.74, 6) is 0.705. The van der Waals surface area contributed by atoms with Crippen LogP contribution in [0.1, 0.15) is 32.1 Å². The smallest absolute Gasteiger partial charge is 0.272 e. The maximum Gasteiger partial charge on any atom is 0.272 e. The number of unbranched alkanes of at least 4 members (excludes halogenated alkanes) is 2. The second-order valence-corrected chi connectivity index (χ2v) is 8.78. The Kier molecular flexibility index (Phi) is 7.91. The summed E-state index contributed by atoms with van der Waals surface area (Å²) in [6.07, 6.45) is 6.22. The molecule has 0 amide bonds. The Hall–Kier alpha value is -2.70. The first-order valence-electron chi connectivity index (χ1n) is 11.8. The van der Waals surface area contributed by atoms with Gasteiger partial charge in [0.05, 0.1) is 17.7 Å². The third-order valence-electron chi connectivity index (χ3n) is 6.32. The summed E-state index contributed by atoms with van der Waals surface area (Å²) < 4.78 is 5.34. The number of aromatic nitrogens is 2. The minimum absolute atomic E-state index is 0.155. The molecule has 1 unspecified atom stereocenters. The molecule has 1 atom stereocenters. The first-order valence-corrected chi connectivity index (χ1v) is 11.8. The molecule has 6 nitrogen and oxygen atoms in total. The molecule has 1 aliphatic heterocycles. The maximum atomic E-state index is 12.1. The molecule has 32 heavy (non-hydrogen) atoms. The third kappa shape index (κ3) is 5.75. The van der Waals surface area contributed by atoms with Gasteiger partial charge in [-0.05, 0) is 62.9 Å². The number of methoxy groups -OCH3 is 1. The second-order valence-electron chi connectivity index (χ2n) is 8.78. The molecule has 1 fully saturated rings. The summed E-state index contributed by atoms with van der Waals surface area (Å²) >= 11 is 0. The molecule has 4 rings (SSSR count). The number of hydrogen-bond donors (Lipinski definition) is 2. The Bertz CT molecular complexity index is 1060. The van der Waals surface area contributed by atoms with E-state index in [1.807, 2.05) is 36.4 Å². The summed E-state index contributed by atoms with van der Waals surface area (Å²) in [5.41, 5.74) is 2.73. The van der Waals surface area contributed by atoms with Crippen LogP contribution in [-0.2, 0) is 4.74 Å². The summed E-state index contributed by atoms with van der Waals surface area (Å²) in [5, 5.41) is 12.0. The number of rotatable bonds is 10. The van der Waals surface area contributed by atoms with Crippen molar-refractivity contribution >= 4 is 16.5 Å². The van der Waals surface area contributed by atoms with Gasteiger partial charge in [-0.2, -0.15) is 5.10 Å². The number of anilines is 1. The molecule has 1 saturated heterocycles. The van der Waals surface area contributed by atoms with Crippen LogP contribution in [0.3, 0.4) is 0 Å². The van der Waals surface area contributed by atoms with E-state index in [4.69, 9.17) is 4.74 Å². The lowest BCUT2D eigenvalue weighted by Gasteiger charge is -2.32. The highest BCUT2D eigenvalue weighted by Crippen LogP contribution is 2.26. The van der Waals surface area contributed by atoms with E-state index in [2.05, 4.69) is 32.5 Å². The van der Waals surface area contributed by atoms with Crippen LogP contribution in [0.2, 0.25) is 0 Å². The van der Waals surface area contributed by atoms with Crippen molar-refractivity contribution in [3.63, 3.8) is 0 Å². The lowest BCUT2D eigenvalue weighted by Crippen LogP contribution is -2.37. The predicted octanol–water partition coefficient (Wildman–Crippen LogP) is 4.53. The first-order chi connectivity index (χ1) is 15.7. The van der Waals surface area contributed by atoms with Gasteiger partial charge in [-0.1, -0.05) is 36.8 Å². The van der Waals surface area contributed by atoms with Gasteiger partial charge in [-0.3, -0.25) is 4.79 Å². The molecule has 3 aromatic rings. The van der Waals surface area contributed by atoms with Crippen molar-refractivity contribution in [1.29, 1.82) is 0 Å². The zero-order valence-corrected chi connectivity index (χ0v) is 19.0. The van der Waals surface area contributed by atoms with Crippen LogP contribution in [-0.4, -0.2) is 55.0 Å². The van der Waals surface area contributed by atoms with Gasteiger partial charge >= 0.3 is 0 Å². The van der Waals surface area contributed by atoms with E-state index in [-0.39, 0.29) is 5.56 Å². The molecule has 0 aliphatic carbocycles. The number of H-pyrrole nitrogens is 1. The van der Waals surface area contributed by atoms with E-state index in [0.717, 1.165) is 41.9 Å². The van der Waals surface area contributed by atoms with Crippen molar-refractivity contribution in [3.8, 4) is 11.3 Å². The Morgan fingerprint density at radius 1 is 1.12 bits per heavy atom. The van der Waals surface area contributed by atoms with Gasteiger partial charge in [0.1, 0.15) is 0 Å². The highest BCUT2D eigenvalue weighted by atomic mass is 16.5. The van der Waals surface area contributed by atoms with Crippen LogP contribution in [0, 0.1) is 5.92 Å². The second kappa shape index (κ2) is 11.2. The third-order valence-corrected chi connectivity index (χ3v) is 6.32. The van der Waals surface area contributed by atoms with Crippen LogP contribution < -0.4 is 10.9 Å². The number of benzene rings is 2. The Morgan fingerprint density at radius 3 is 2.88 bits per heavy atom. The molecule has 0 saturated carbocycles. The number of nitrogens with zero attached hydrogens (tertiary/aromatic N) is 2. The molecule has 1 aliphatic rings. The molecule has 6 heteroatoms. The molecular weight excluding hydrogens is 400 g/mol. The quantitative estimate of drug-likeness (QED) is 0.459. The van der Waals surface area contributed by atoms with Crippen LogP contribution >= 0.6 is 0 Å². The van der Waals surface area contributed by atoms with E-state index in [1.165, 1.54) is 45.3 Å². The van der Waals surface area contributed by atoms with Gasteiger partial charge in [0.15, 0.2) is 0 Å². The summed E-state index contributed by atoms with van der Waals surface area (Å²) in [4.78, 5) is 14.7. The average Bonchev–Trinajstić information content (AvgIpc) is 2.82. The largest absolute Gasteiger partial charge is 0.385 e. The monoisotopic (exact) mass is 434 g/mol. The Morgan fingerprint density at radius 2 is 2.00 bits per heavy atom. The molecule has 0 radical (unpaired) electrons. The van der Waals surface area contributed by atoms with Gasteiger partial charge in [-0.25, -0.2) is 5.10 Å². The number of fused-ring (bicyclic) bond motifs is 1. The standard InChI is InChI=1S/C26H34N4O2/c1-32-19-20-9-8-16-30(18-20)15-6-2-5-14-27-22-11-7-10-21(17-22)25-23-12-3-4-13-24(23)26(31)29-28-25/h3-4,7,10-13,17,20,27H,2,5-6,8-9,14-16,18-19H2,1H3,(H,29,31). The number of nitrogens with one attached hydrogen (secondary N) is 2. The van der Waals surface area contributed by atoms with E-state index in [0.29, 0.717) is 11.3 Å². The SMILES string of the molecule is COCC1CCCN(CCCCCNc2cccc(-c3n[nH]c(=O)c4ccccc34)c2)C1. The number of likely N-dealkylation sites (tertiary alicyclic amines) is 1. The first kappa shape index (κ1) is 22.5. The molecule has 2 N–H and O–H groups in total. The fraction of sp³-hybridized carbons (Fsp3) is 0.462. The molecule has 170 valence electrons. The molecule has 1 aromatic heterocycles. The van der Waals surface area contributed by atoms with E-state index in [1.54, 1.807) is 7.11 Å². The fourth-order valence-electron chi connectivity index (χ4n) is 4.71. The minimum atomic E-state index is -0.155. The number of ether oxygens (including phenoxy) is 1. The van der Waals surface area contributed by atoms with Gasteiger partial charge in [-0.15, -0.1) is 0 Å². The summed E-state index contributed by atoms with van der Waals surface area (Å²) in [6.45, 7) is 5.46. The highest BCUT2D eigenvalue weighted by Gasteiger charge is 2.19. The Balaban J connectivity index is 1.26. The maximum absolute atomic E-state index is 12.1. The predicted molar refractivity (Wildman–Crippen MR) is 131 cm³/mol. The van der Waals surface area contributed by atoms with Gasteiger partial charge in [0, 0.05) is 36.8 Å². The lowest BCUT2D eigenvalue weighted by molar-refractivity contribution is 0.0898. The fourth-order valence-corrected chi connectivity index (χ4v) is 4.71. The lowest BCUT2D eigenvalue weighted by atomic mass is 9.99. The molecule has 2 aromatic carbocycles. The summed E-state index contributed by atoms with van der Waals surface area (Å²) in [6, 6.07) is 15.9. The van der Waals surface area contributed by atoms with Crippen molar-refractivity contribution in [3.05, 3.63) is 58.9 Å². The average molecular weight is 435 g/mol. The van der Waals surface area contributed by atoms with Gasteiger partial charge in [0.2, 0.25) is 0 Å².